The molecular weight excluding hydrogens is 250 g/mol. The minimum Gasteiger partial charge on any atom is -0.375 e. The Morgan fingerprint density at radius 2 is 1.70 bits per heavy atom. The molecule has 3 fully saturated rings. The molecule has 0 bridgehead atoms. The maximum Gasteiger partial charge on any atom is 0.0707 e. The second kappa shape index (κ2) is 6.76. The maximum absolute atomic E-state index is 6.44. The minimum absolute atomic E-state index is 0.184. The van der Waals surface area contributed by atoms with Crippen LogP contribution in [0, 0.1) is 0 Å². The largest absolute Gasteiger partial charge is 0.375 e. The molecule has 1 spiro atoms. The molecule has 1 N–H and O–H groups in total. The molecule has 3 heteroatoms. The SMILES string of the molecule is CNC1CCC(OC2CCOC3(CCCCC3)C2)CC1. The lowest BCUT2D eigenvalue weighted by molar-refractivity contribution is -0.163. The van der Waals surface area contributed by atoms with Crippen molar-refractivity contribution in [2.45, 2.75) is 94.5 Å². The van der Waals surface area contributed by atoms with Gasteiger partial charge < -0.3 is 14.8 Å². The zero-order valence-corrected chi connectivity index (χ0v) is 13.0. The van der Waals surface area contributed by atoms with E-state index in [-0.39, 0.29) is 5.60 Å². The van der Waals surface area contributed by atoms with Gasteiger partial charge in [-0.15, -0.1) is 0 Å². The Balaban J connectivity index is 1.48. The molecule has 0 radical (unpaired) electrons. The van der Waals surface area contributed by atoms with E-state index < -0.39 is 0 Å². The van der Waals surface area contributed by atoms with Crippen molar-refractivity contribution in [3.8, 4) is 0 Å². The number of ether oxygens (including phenoxy) is 2. The van der Waals surface area contributed by atoms with E-state index in [0.29, 0.717) is 18.2 Å². The molecule has 1 atom stereocenters. The molecule has 1 saturated heterocycles. The van der Waals surface area contributed by atoms with Crippen molar-refractivity contribution < 1.29 is 9.47 Å². The molecule has 0 aromatic rings. The van der Waals surface area contributed by atoms with Crippen LogP contribution in [-0.4, -0.2) is 37.5 Å². The quantitative estimate of drug-likeness (QED) is 0.860. The van der Waals surface area contributed by atoms with Crippen LogP contribution in [0.2, 0.25) is 0 Å². The molecule has 3 nitrogen and oxygen atoms in total. The summed E-state index contributed by atoms with van der Waals surface area (Å²) in [7, 11) is 2.08. The summed E-state index contributed by atoms with van der Waals surface area (Å²) in [5.74, 6) is 0. The summed E-state index contributed by atoms with van der Waals surface area (Å²) < 4.78 is 12.6. The summed E-state index contributed by atoms with van der Waals surface area (Å²) in [5, 5.41) is 3.40. The second-order valence-corrected chi connectivity index (χ2v) is 7.11. The van der Waals surface area contributed by atoms with Crippen molar-refractivity contribution >= 4 is 0 Å². The third kappa shape index (κ3) is 3.55. The molecule has 0 amide bonds. The van der Waals surface area contributed by atoms with E-state index in [1.54, 1.807) is 0 Å². The number of hydrogen-bond acceptors (Lipinski definition) is 3. The highest BCUT2D eigenvalue weighted by atomic mass is 16.5. The molecule has 3 aliphatic rings. The summed E-state index contributed by atoms with van der Waals surface area (Å²) >= 11 is 0. The van der Waals surface area contributed by atoms with Gasteiger partial charge in [-0.2, -0.15) is 0 Å². The maximum atomic E-state index is 6.44. The Morgan fingerprint density at radius 1 is 0.950 bits per heavy atom. The lowest BCUT2D eigenvalue weighted by Gasteiger charge is -2.44. The normalized spacial score (nSPS) is 38.0. The third-order valence-electron chi connectivity index (χ3n) is 5.68. The van der Waals surface area contributed by atoms with Crippen LogP contribution in [0.15, 0.2) is 0 Å². The molecule has 2 saturated carbocycles. The van der Waals surface area contributed by atoms with E-state index in [0.717, 1.165) is 19.4 Å². The highest BCUT2D eigenvalue weighted by Crippen LogP contribution is 2.40. The van der Waals surface area contributed by atoms with Crippen LogP contribution >= 0.6 is 0 Å². The summed E-state index contributed by atoms with van der Waals surface area (Å²) in [6.45, 7) is 0.913. The van der Waals surface area contributed by atoms with Crippen LogP contribution in [0.4, 0.5) is 0 Å². The van der Waals surface area contributed by atoms with Gasteiger partial charge in [0.2, 0.25) is 0 Å². The van der Waals surface area contributed by atoms with Crippen LogP contribution in [0.5, 0.6) is 0 Å². The molecule has 1 aliphatic heterocycles. The monoisotopic (exact) mass is 281 g/mol. The topological polar surface area (TPSA) is 30.5 Å². The van der Waals surface area contributed by atoms with Gasteiger partial charge in [-0.3, -0.25) is 0 Å². The van der Waals surface area contributed by atoms with Gasteiger partial charge in [-0.05, 0) is 52.0 Å². The number of hydrogen-bond donors (Lipinski definition) is 1. The fourth-order valence-corrected chi connectivity index (χ4v) is 4.40. The first-order valence-electron chi connectivity index (χ1n) is 8.76. The van der Waals surface area contributed by atoms with Crippen LogP contribution in [0.3, 0.4) is 0 Å². The average molecular weight is 281 g/mol. The summed E-state index contributed by atoms with van der Waals surface area (Å²) in [6, 6.07) is 0.717. The van der Waals surface area contributed by atoms with Crippen LogP contribution in [-0.2, 0) is 9.47 Å². The number of rotatable bonds is 3. The fourth-order valence-electron chi connectivity index (χ4n) is 4.40. The van der Waals surface area contributed by atoms with Crippen molar-refractivity contribution in [1.29, 1.82) is 0 Å². The number of nitrogens with one attached hydrogen (secondary N) is 1. The van der Waals surface area contributed by atoms with Crippen molar-refractivity contribution in [3.05, 3.63) is 0 Å². The smallest absolute Gasteiger partial charge is 0.0707 e. The van der Waals surface area contributed by atoms with E-state index in [1.165, 1.54) is 57.8 Å². The zero-order chi connectivity index (χ0) is 13.8. The molecule has 20 heavy (non-hydrogen) atoms. The standard InChI is InChI=1S/C17H31NO2/c1-18-14-5-7-15(8-6-14)20-16-9-12-19-17(13-16)10-3-2-4-11-17/h14-16,18H,2-13H2,1H3. The lowest BCUT2D eigenvalue weighted by atomic mass is 9.79. The van der Waals surface area contributed by atoms with E-state index in [1.807, 2.05) is 0 Å². The van der Waals surface area contributed by atoms with Gasteiger partial charge in [0.25, 0.3) is 0 Å². The van der Waals surface area contributed by atoms with Gasteiger partial charge in [-0.25, -0.2) is 0 Å². The van der Waals surface area contributed by atoms with Gasteiger partial charge in [0.1, 0.15) is 0 Å². The molecular formula is C17H31NO2. The van der Waals surface area contributed by atoms with Gasteiger partial charge in [0, 0.05) is 19.1 Å². The van der Waals surface area contributed by atoms with Gasteiger partial charge in [-0.1, -0.05) is 19.3 Å². The van der Waals surface area contributed by atoms with Gasteiger partial charge in [0.05, 0.1) is 17.8 Å². The van der Waals surface area contributed by atoms with E-state index >= 15 is 0 Å². The van der Waals surface area contributed by atoms with Gasteiger partial charge in [0.15, 0.2) is 0 Å². The van der Waals surface area contributed by atoms with Crippen LogP contribution < -0.4 is 5.32 Å². The Labute approximate surface area is 123 Å². The first kappa shape index (κ1) is 14.8. The predicted molar refractivity (Wildman–Crippen MR) is 81.0 cm³/mol. The van der Waals surface area contributed by atoms with Crippen LogP contribution in [0.1, 0.15) is 70.6 Å². The van der Waals surface area contributed by atoms with E-state index in [2.05, 4.69) is 12.4 Å². The molecule has 1 heterocycles. The third-order valence-corrected chi connectivity index (χ3v) is 5.68. The zero-order valence-electron chi connectivity index (χ0n) is 13.0. The van der Waals surface area contributed by atoms with Crippen molar-refractivity contribution in [3.63, 3.8) is 0 Å². The Kier molecular flexibility index (Phi) is 5.00. The molecule has 2 aliphatic carbocycles. The first-order chi connectivity index (χ1) is 9.80. The summed E-state index contributed by atoms with van der Waals surface area (Å²) in [4.78, 5) is 0. The van der Waals surface area contributed by atoms with Gasteiger partial charge >= 0.3 is 0 Å². The Bertz CT molecular complexity index is 288. The molecule has 0 aromatic carbocycles. The molecule has 116 valence electrons. The highest BCUT2D eigenvalue weighted by molar-refractivity contribution is 4.90. The summed E-state index contributed by atoms with van der Waals surface area (Å²) in [6.07, 6.45) is 14.8. The van der Waals surface area contributed by atoms with E-state index in [9.17, 15) is 0 Å². The first-order valence-corrected chi connectivity index (χ1v) is 8.76. The molecule has 0 aromatic heterocycles. The Morgan fingerprint density at radius 3 is 2.40 bits per heavy atom. The predicted octanol–water partition coefficient (Wildman–Crippen LogP) is 3.42. The van der Waals surface area contributed by atoms with E-state index in [4.69, 9.17) is 9.47 Å². The fraction of sp³-hybridized carbons (Fsp3) is 1.00. The van der Waals surface area contributed by atoms with Crippen molar-refractivity contribution in [1.82, 2.24) is 5.32 Å². The molecule has 1 unspecified atom stereocenters. The van der Waals surface area contributed by atoms with Crippen molar-refractivity contribution in [2.24, 2.45) is 0 Å². The minimum atomic E-state index is 0.184. The van der Waals surface area contributed by atoms with Crippen molar-refractivity contribution in [2.75, 3.05) is 13.7 Å². The Hall–Kier alpha value is -0.120. The summed E-state index contributed by atoms with van der Waals surface area (Å²) in [5.41, 5.74) is 0.184. The average Bonchev–Trinajstić information content (AvgIpc) is 2.49. The lowest BCUT2D eigenvalue weighted by Crippen LogP contribution is -2.45. The second-order valence-electron chi connectivity index (χ2n) is 7.11. The molecule has 3 rings (SSSR count). The van der Waals surface area contributed by atoms with Crippen LogP contribution in [0.25, 0.3) is 0 Å². The highest BCUT2D eigenvalue weighted by Gasteiger charge is 2.39.